The lowest BCUT2D eigenvalue weighted by atomic mass is 10.2. The van der Waals surface area contributed by atoms with Gasteiger partial charge in [-0.25, -0.2) is 4.79 Å². The van der Waals surface area contributed by atoms with Crippen molar-refractivity contribution in [3.8, 4) is 0 Å². The third-order valence-corrected chi connectivity index (χ3v) is 1.54. The zero-order valence-electron chi connectivity index (χ0n) is 9.25. The second-order valence-corrected chi connectivity index (χ2v) is 3.38. The molecular formula is C10H20O4. The van der Waals surface area contributed by atoms with E-state index in [4.69, 9.17) is 4.74 Å². The SMILES string of the molecule is CCCCCCOOC(=O)OC(C)C. The Bertz CT molecular complexity index is 145. The van der Waals surface area contributed by atoms with Gasteiger partial charge in [0.05, 0.1) is 12.7 Å². The van der Waals surface area contributed by atoms with Crippen LogP contribution >= 0.6 is 0 Å². The van der Waals surface area contributed by atoms with E-state index in [1.54, 1.807) is 13.8 Å². The van der Waals surface area contributed by atoms with Crippen LogP contribution in [0.3, 0.4) is 0 Å². The van der Waals surface area contributed by atoms with Gasteiger partial charge in [-0.15, -0.1) is 0 Å². The molecule has 14 heavy (non-hydrogen) atoms. The van der Waals surface area contributed by atoms with Crippen LogP contribution in [0.25, 0.3) is 0 Å². The van der Waals surface area contributed by atoms with Crippen LogP contribution in [0.5, 0.6) is 0 Å². The fourth-order valence-electron chi connectivity index (χ4n) is 0.890. The van der Waals surface area contributed by atoms with E-state index in [0.29, 0.717) is 6.61 Å². The molecule has 4 heteroatoms. The molecule has 0 N–H and O–H groups in total. The van der Waals surface area contributed by atoms with E-state index in [0.717, 1.165) is 12.8 Å². The monoisotopic (exact) mass is 204 g/mol. The minimum atomic E-state index is -0.768. The quantitative estimate of drug-likeness (QED) is 0.277. The smallest absolute Gasteiger partial charge is 0.430 e. The Morgan fingerprint density at radius 1 is 1.21 bits per heavy atom. The van der Waals surface area contributed by atoms with Crippen LogP contribution in [-0.2, 0) is 14.5 Å². The summed E-state index contributed by atoms with van der Waals surface area (Å²) in [6.45, 7) is 6.08. The maximum absolute atomic E-state index is 10.8. The van der Waals surface area contributed by atoms with E-state index in [1.807, 2.05) is 0 Å². The zero-order chi connectivity index (χ0) is 10.8. The summed E-state index contributed by atoms with van der Waals surface area (Å²) < 4.78 is 4.69. The Morgan fingerprint density at radius 2 is 1.93 bits per heavy atom. The van der Waals surface area contributed by atoms with E-state index < -0.39 is 6.16 Å². The minimum Gasteiger partial charge on any atom is -0.430 e. The lowest BCUT2D eigenvalue weighted by Gasteiger charge is -2.06. The summed E-state index contributed by atoms with van der Waals surface area (Å²) >= 11 is 0. The number of ether oxygens (including phenoxy) is 1. The Kier molecular flexibility index (Phi) is 8.33. The van der Waals surface area contributed by atoms with Crippen LogP contribution in [0.15, 0.2) is 0 Å². The fraction of sp³-hybridized carbons (Fsp3) is 0.900. The van der Waals surface area contributed by atoms with Crippen molar-refractivity contribution >= 4 is 6.16 Å². The van der Waals surface area contributed by atoms with E-state index in [2.05, 4.69) is 16.7 Å². The first-order valence-corrected chi connectivity index (χ1v) is 5.17. The molecule has 0 aromatic rings. The van der Waals surface area contributed by atoms with Gasteiger partial charge in [-0.05, 0) is 20.3 Å². The minimum absolute atomic E-state index is 0.175. The van der Waals surface area contributed by atoms with Gasteiger partial charge in [0.2, 0.25) is 0 Å². The van der Waals surface area contributed by atoms with E-state index in [9.17, 15) is 4.79 Å². The van der Waals surface area contributed by atoms with Crippen LogP contribution in [0, 0.1) is 0 Å². The molecule has 0 saturated carbocycles. The summed E-state index contributed by atoms with van der Waals surface area (Å²) in [5, 5.41) is 0. The van der Waals surface area contributed by atoms with Crippen molar-refractivity contribution in [2.75, 3.05) is 6.61 Å². The third-order valence-electron chi connectivity index (χ3n) is 1.54. The highest BCUT2D eigenvalue weighted by Crippen LogP contribution is 2.00. The molecule has 84 valence electrons. The van der Waals surface area contributed by atoms with Crippen molar-refractivity contribution in [1.29, 1.82) is 0 Å². The predicted octanol–water partition coefficient (Wildman–Crippen LogP) is 3.06. The lowest BCUT2D eigenvalue weighted by molar-refractivity contribution is -0.257. The number of carbonyl (C=O) groups is 1. The summed E-state index contributed by atoms with van der Waals surface area (Å²) in [7, 11) is 0. The number of rotatable bonds is 7. The Labute approximate surface area is 85.5 Å². The van der Waals surface area contributed by atoms with Gasteiger partial charge in [-0.2, -0.15) is 4.89 Å². The van der Waals surface area contributed by atoms with Crippen LogP contribution in [0.4, 0.5) is 4.79 Å². The largest absolute Gasteiger partial charge is 0.540 e. The molecule has 0 fully saturated rings. The van der Waals surface area contributed by atoms with Crippen LogP contribution < -0.4 is 0 Å². The number of hydrogen-bond acceptors (Lipinski definition) is 4. The molecule has 0 bridgehead atoms. The molecule has 0 heterocycles. The average molecular weight is 204 g/mol. The molecule has 0 aromatic carbocycles. The van der Waals surface area contributed by atoms with Gasteiger partial charge in [-0.1, -0.05) is 26.2 Å². The van der Waals surface area contributed by atoms with Crippen molar-refractivity contribution in [1.82, 2.24) is 0 Å². The van der Waals surface area contributed by atoms with Crippen LogP contribution in [0.1, 0.15) is 46.5 Å². The lowest BCUT2D eigenvalue weighted by Crippen LogP contribution is -2.13. The summed E-state index contributed by atoms with van der Waals surface area (Å²) in [4.78, 5) is 19.8. The van der Waals surface area contributed by atoms with Crippen molar-refractivity contribution in [2.45, 2.75) is 52.6 Å². The number of hydrogen-bond donors (Lipinski definition) is 0. The molecule has 0 aliphatic heterocycles. The first-order valence-electron chi connectivity index (χ1n) is 5.17. The summed E-state index contributed by atoms with van der Waals surface area (Å²) in [5.74, 6) is 0. The second kappa shape index (κ2) is 8.81. The highest BCUT2D eigenvalue weighted by atomic mass is 17.2. The maximum Gasteiger partial charge on any atom is 0.540 e. The van der Waals surface area contributed by atoms with Crippen molar-refractivity contribution in [2.24, 2.45) is 0 Å². The molecular weight excluding hydrogens is 184 g/mol. The van der Waals surface area contributed by atoms with Gasteiger partial charge < -0.3 is 4.74 Å². The molecule has 0 rings (SSSR count). The van der Waals surface area contributed by atoms with Crippen LogP contribution in [0.2, 0.25) is 0 Å². The Balaban J connectivity index is 3.15. The highest BCUT2D eigenvalue weighted by Gasteiger charge is 2.06. The topological polar surface area (TPSA) is 44.8 Å². The van der Waals surface area contributed by atoms with Gasteiger partial charge in [0, 0.05) is 0 Å². The fourth-order valence-corrected chi connectivity index (χ4v) is 0.890. The van der Waals surface area contributed by atoms with E-state index in [1.165, 1.54) is 12.8 Å². The molecule has 0 unspecified atom stereocenters. The van der Waals surface area contributed by atoms with Crippen molar-refractivity contribution in [3.05, 3.63) is 0 Å². The molecule has 0 saturated heterocycles. The Hall–Kier alpha value is -0.770. The molecule has 0 atom stereocenters. The molecule has 4 nitrogen and oxygen atoms in total. The normalized spacial score (nSPS) is 10.3. The highest BCUT2D eigenvalue weighted by molar-refractivity contribution is 5.59. The van der Waals surface area contributed by atoms with Crippen LogP contribution in [-0.4, -0.2) is 18.9 Å². The van der Waals surface area contributed by atoms with Crippen molar-refractivity contribution in [3.63, 3.8) is 0 Å². The zero-order valence-corrected chi connectivity index (χ0v) is 9.25. The van der Waals surface area contributed by atoms with Crippen molar-refractivity contribution < 1.29 is 19.3 Å². The predicted molar refractivity (Wildman–Crippen MR) is 52.8 cm³/mol. The third kappa shape index (κ3) is 9.32. The summed E-state index contributed by atoms with van der Waals surface area (Å²) in [6.07, 6.45) is 3.42. The average Bonchev–Trinajstić information content (AvgIpc) is 2.10. The summed E-state index contributed by atoms with van der Waals surface area (Å²) in [5.41, 5.74) is 0. The first kappa shape index (κ1) is 13.2. The number of unbranched alkanes of at least 4 members (excludes halogenated alkanes) is 3. The second-order valence-electron chi connectivity index (χ2n) is 3.38. The van der Waals surface area contributed by atoms with E-state index >= 15 is 0 Å². The summed E-state index contributed by atoms with van der Waals surface area (Å²) in [6, 6.07) is 0. The van der Waals surface area contributed by atoms with Gasteiger partial charge in [0.15, 0.2) is 0 Å². The molecule has 0 amide bonds. The van der Waals surface area contributed by atoms with E-state index in [-0.39, 0.29) is 6.10 Å². The van der Waals surface area contributed by atoms with Gasteiger partial charge >= 0.3 is 6.16 Å². The molecule has 0 spiro atoms. The number of carbonyl (C=O) groups excluding carboxylic acids is 1. The Morgan fingerprint density at radius 3 is 2.50 bits per heavy atom. The van der Waals surface area contributed by atoms with Gasteiger partial charge in [0.25, 0.3) is 0 Å². The molecule has 0 aliphatic carbocycles. The maximum atomic E-state index is 10.8. The first-order chi connectivity index (χ1) is 6.66. The van der Waals surface area contributed by atoms with Gasteiger partial charge in [0.1, 0.15) is 0 Å². The standard InChI is InChI=1S/C10H20O4/c1-4-5-6-7-8-12-14-10(11)13-9(2)3/h9H,4-8H2,1-3H3. The molecule has 0 aliphatic rings. The van der Waals surface area contributed by atoms with Gasteiger partial charge in [-0.3, -0.25) is 4.89 Å². The molecule has 0 aromatic heterocycles. The molecule has 0 radical (unpaired) electrons.